The van der Waals surface area contributed by atoms with Gasteiger partial charge in [0, 0.05) is 25.7 Å². The Labute approximate surface area is 130 Å². The molecule has 21 heavy (non-hydrogen) atoms. The van der Waals surface area contributed by atoms with Crippen LogP contribution in [0.5, 0.6) is 5.75 Å². The molecule has 0 aliphatic heterocycles. The summed E-state index contributed by atoms with van der Waals surface area (Å²) in [6.45, 7) is 9.95. The molecule has 0 heterocycles. The van der Waals surface area contributed by atoms with Crippen molar-refractivity contribution in [1.82, 2.24) is 10.2 Å². The van der Waals surface area contributed by atoms with Gasteiger partial charge in [0.25, 0.3) is 0 Å². The minimum atomic E-state index is 0.613. The first kappa shape index (κ1) is 18.0. The minimum absolute atomic E-state index is 0.613. The van der Waals surface area contributed by atoms with Crippen LogP contribution in [0.4, 0.5) is 0 Å². The average Bonchev–Trinajstić information content (AvgIpc) is 2.46. The van der Waals surface area contributed by atoms with E-state index in [1.54, 1.807) is 7.11 Å². The Hall–Kier alpha value is -1.06. The number of nitrogens with one attached hydrogen (secondary N) is 1. The smallest absolute Gasteiger partial charge is 0.118 e. The number of nitrogens with zero attached hydrogens (tertiary/aromatic N) is 1. The molecule has 1 N–H and O–H groups in total. The zero-order valence-electron chi connectivity index (χ0n) is 14.4. The van der Waals surface area contributed by atoms with E-state index in [0.29, 0.717) is 6.04 Å². The summed E-state index contributed by atoms with van der Waals surface area (Å²) in [5.41, 5.74) is 1.33. The molecule has 0 fully saturated rings. The highest BCUT2D eigenvalue weighted by Gasteiger charge is 2.05. The van der Waals surface area contributed by atoms with Gasteiger partial charge in [-0.2, -0.15) is 0 Å². The van der Waals surface area contributed by atoms with Gasteiger partial charge in [-0.05, 0) is 50.4 Å². The summed E-state index contributed by atoms with van der Waals surface area (Å²) in [4.78, 5) is 2.35. The predicted octanol–water partition coefficient (Wildman–Crippen LogP) is 3.54. The van der Waals surface area contributed by atoms with Crippen LogP contribution in [0.25, 0.3) is 0 Å². The Morgan fingerprint density at radius 2 is 1.76 bits per heavy atom. The number of benzene rings is 1. The van der Waals surface area contributed by atoms with E-state index >= 15 is 0 Å². The first-order chi connectivity index (χ1) is 10.0. The van der Waals surface area contributed by atoms with Crippen molar-refractivity contribution in [2.24, 2.45) is 5.92 Å². The summed E-state index contributed by atoms with van der Waals surface area (Å²) in [5.74, 6) is 1.72. The van der Waals surface area contributed by atoms with Gasteiger partial charge in [0.05, 0.1) is 7.11 Å². The molecule has 1 aromatic rings. The van der Waals surface area contributed by atoms with Crippen LogP contribution in [0.15, 0.2) is 24.3 Å². The van der Waals surface area contributed by atoms with Crippen molar-refractivity contribution in [2.45, 2.75) is 46.2 Å². The third-order valence-corrected chi connectivity index (χ3v) is 3.77. The molecular weight excluding hydrogens is 260 g/mol. The van der Waals surface area contributed by atoms with E-state index in [9.17, 15) is 0 Å². The van der Waals surface area contributed by atoms with Crippen LogP contribution in [0.3, 0.4) is 0 Å². The van der Waals surface area contributed by atoms with Crippen molar-refractivity contribution in [1.29, 1.82) is 0 Å². The fourth-order valence-electron chi connectivity index (χ4n) is 2.31. The number of hydrogen-bond acceptors (Lipinski definition) is 3. The first-order valence-electron chi connectivity index (χ1n) is 8.06. The maximum atomic E-state index is 5.18. The molecule has 0 saturated heterocycles. The van der Waals surface area contributed by atoms with Crippen molar-refractivity contribution in [3.63, 3.8) is 0 Å². The van der Waals surface area contributed by atoms with Crippen molar-refractivity contribution in [2.75, 3.05) is 27.2 Å². The highest BCUT2D eigenvalue weighted by Crippen LogP contribution is 2.12. The van der Waals surface area contributed by atoms with Gasteiger partial charge in [-0.25, -0.2) is 0 Å². The number of rotatable bonds is 10. The number of hydrogen-bond donors (Lipinski definition) is 1. The molecule has 1 aromatic carbocycles. The Bertz CT molecular complexity index is 375. The SMILES string of the molecule is COc1ccc(CN(C)CCNC(C)CCC(C)C)cc1. The molecule has 0 amide bonds. The van der Waals surface area contributed by atoms with Crippen molar-refractivity contribution < 1.29 is 4.74 Å². The fraction of sp³-hybridized carbons (Fsp3) is 0.667. The molecule has 0 radical (unpaired) electrons. The Kier molecular flexibility index (Phi) is 8.40. The van der Waals surface area contributed by atoms with E-state index in [4.69, 9.17) is 4.74 Å². The van der Waals surface area contributed by atoms with Gasteiger partial charge in [-0.3, -0.25) is 0 Å². The Balaban J connectivity index is 2.19. The van der Waals surface area contributed by atoms with Crippen molar-refractivity contribution >= 4 is 0 Å². The number of methoxy groups -OCH3 is 1. The molecule has 0 spiro atoms. The van der Waals surface area contributed by atoms with Gasteiger partial charge < -0.3 is 15.0 Å². The summed E-state index contributed by atoms with van der Waals surface area (Å²) in [7, 11) is 3.87. The Morgan fingerprint density at radius 3 is 2.33 bits per heavy atom. The van der Waals surface area contributed by atoms with Gasteiger partial charge >= 0.3 is 0 Å². The van der Waals surface area contributed by atoms with E-state index in [1.807, 2.05) is 12.1 Å². The topological polar surface area (TPSA) is 24.5 Å². The lowest BCUT2D eigenvalue weighted by atomic mass is 10.0. The van der Waals surface area contributed by atoms with Crippen molar-refractivity contribution in [3.8, 4) is 5.75 Å². The third-order valence-electron chi connectivity index (χ3n) is 3.77. The van der Waals surface area contributed by atoms with Gasteiger partial charge in [-0.1, -0.05) is 26.0 Å². The average molecular weight is 292 g/mol. The summed E-state index contributed by atoms with van der Waals surface area (Å²) >= 11 is 0. The van der Waals surface area contributed by atoms with E-state index < -0.39 is 0 Å². The highest BCUT2D eigenvalue weighted by atomic mass is 16.5. The molecule has 0 aliphatic carbocycles. The second-order valence-electron chi connectivity index (χ2n) is 6.41. The lowest BCUT2D eigenvalue weighted by molar-refractivity contribution is 0.314. The van der Waals surface area contributed by atoms with Crippen molar-refractivity contribution in [3.05, 3.63) is 29.8 Å². The van der Waals surface area contributed by atoms with E-state index in [-0.39, 0.29) is 0 Å². The lowest BCUT2D eigenvalue weighted by Crippen LogP contribution is -2.34. The largest absolute Gasteiger partial charge is 0.497 e. The normalized spacial score (nSPS) is 12.9. The standard InChI is InChI=1S/C18H32N2O/c1-15(2)6-7-16(3)19-12-13-20(4)14-17-8-10-18(21-5)11-9-17/h8-11,15-16,19H,6-7,12-14H2,1-5H3. The molecule has 0 bridgehead atoms. The molecule has 0 saturated carbocycles. The zero-order chi connectivity index (χ0) is 15.7. The van der Waals surface area contributed by atoms with Gasteiger partial charge in [0.15, 0.2) is 0 Å². The van der Waals surface area contributed by atoms with E-state index in [0.717, 1.165) is 31.3 Å². The predicted molar refractivity (Wildman–Crippen MR) is 90.9 cm³/mol. The van der Waals surface area contributed by atoms with Gasteiger partial charge in [-0.15, -0.1) is 0 Å². The van der Waals surface area contributed by atoms with E-state index in [2.05, 4.69) is 50.2 Å². The van der Waals surface area contributed by atoms with Crippen LogP contribution in [0, 0.1) is 5.92 Å². The van der Waals surface area contributed by atoms with Crippen LogP contribution in [0.2, 0.25) is 0 Å². The third kappa shape index (κ3) is 8.08. The van der Waals surface area contributed by atoms with E-state index in [1.165, 1.54) is 18.4 Å². The van der Waals surface area contributed by atoms with Gasteiger partial charge in [0.2, 0.25) is 0 Å². The Morgan fingerprint density at radius 1 is 1.10 bits per heavy atom. The quantitative estimate of drug-likeness (QED) is 0.714. The highest BCUT2D eigenvalue weighted by molar-refractivity contribution is 5.26. The molecule has 1 rings (SSSR count). The van der Waals surface area contributed by atoms with Crippen LogP contribution in [0.1, 0.15) is 39.2 Å². The minimum Gasteiger partial charge on any atom is -0.497 e. The molecule has 1 unspecified atom stereocenters. The maximum absolute atomic E-state index is 5.18. The monoisotopic (exact) mass is 292 g/mol. The zero-order valence-corrected chi connectivity index (χ0v) is 14.4. The number of likely N-dealkylation sites (N-methyl/N-ethyl adjacent to an activating group) is 1. The molecular formula is C18H32N2O. The molecule has 1 atom stereocenters. The number of ether oxygens (including phenoxy) is 1. The maximum Gasteiger partial charge on any atom is 0.118 e. The summed E-state index contributed by atoms with van der Waals surface area (Å²) in [6.07, 6.45) is 2.57. The molecule has 120 valence electrons. The van der Waals surface area contributed by atoms with Crippen LogP contribution in [-0.4, -0.2) is 38.2 Å². The first-order valence-corrected chi connectivity index (χ1v) is 8.06. The second-order valence-corrected chi connectivity index (χ2v) is 6.41. The summed E-state index contributed by atoms with van der Waals surface area (Å²) < 4.78 is 5.18. The molecule has 3 heteroatoms. The second kappa shape index (κ2) is 9.80. The molecule has 3 nitrogen and oxygen atoms in total. The van der Waals surface area contributed by atoms with Gasteiger partial charge in [0.1, 0.15) is 5.75 Å². The summed E-state index contributed by atoms with van der Waals surface area (Å²) in [6, 6.07) is 8.93. The molecule has 0 aromatic heterocycles. The van der Waals surface area contributed by atoms with Crippen LogP contribution in [-0.2, 0) is 6.54 Å². The molecule has 0 aliphatic rings. The van der Waals surface area contributed by atoms with Crippen LogP contribution < -0.4 is 10.1 Å². The summed E-state index contributed by atoms with van der Waals surface area (Å²) in [5, 5.41) is 3.61. The fourth-order valence-corrected chi connectivity index (χ4v) is 2.31. The van der Waals surface area contributed by atoms with Crippen LogP contribution >= 0.6 is 0 Å². The lowest BCUT2D eigenvalue weighted by Gasteiger charge is -2.20.